The van der Waals surface area contributed by atoms with Crippen LogP contribution in [0.15, 0.2) is 43.0 Å². The van der Waals surface area contributed by atoms with Gasteiger partial charge in [-0.25, -0.2) is 18.4 Å². The first-order valence-corrected chi connectivity index (χ1v) is 8.45. The van der Waals surface area contributed by atoms with Crippen molar-refractivity contribution >= 4 is 0 Å². The van der Waals surface area contributed by atoms with Gasteiger partial charge in [0.2, 0.25) is 0 Å². The molecule has 2 aliphatic heterocycles. The number of hydrogen-bond acceptors (Lipinski definition) is 3. The first-order chi connectivity index (χ1) is 12.0. The fourth-order valence-corrected chi connectivity index (χ4v) is 3.08. The molecule has 26 heavy (non-hydrogen) atoms. The molecule has 0 bridgehead atoms. The highest BCUT2D eigenvalue weighted by atomic mass is 19.1. The molecule has 0 amide bonds. The Hall–Kier alpha value is -2.12. The highest BCUT2D eigenvalue weighted by molar-refractivity contribution is 5.30. The standard InChI is InChI=1S/C12H11F2N3O.C6H11N.CH3/c1-8-12(18-8,5-17-7-15-6-16-17)10-3-2-9(13)4-11(10)14;1-6-2-4-7-5-3-6;/h2-4,6-8H,5H2,1H3;7H,1-5H2;1H3/q;;-1/p+1/t8?,12-;;/m1../s1. The SMILES string of the molecule is C=C1CC[NH2+]CC1.CC1O[C@@]1(Cn1cncn1)c1ccc(F)cc1F.[CH3-]. The summed E-state index contributed by atoms with van der Waals surface area (Å²) in [5.41, 5.74) is 1.01. The summed E-state index contributed by atoms with van der Waals surface area (Å²) in [7, 11) is 0. The van der Waals surface area contributed by atoms with E-state index in [9.17, 15) is 8.78 Å². The molecule has 0 radical (unpaired) electrons. The first-order valence-electron chi connectivity index (χ1n) is 8.45. The Morgan fingerprint density at radius 3 is 2.50 bits per heavy atom. The van der Waals surface area contributed by atoms with Crippen LogP contribution in [0.3, 0.4) is 0 Å². The highest BCUT2D eigenvalue weighted by Gasteiger charge is 2.56. The van der Waals surface area contributed by atoms with Crippen molar-refractivity contribution in [2.45, 2.75) is 38.0 Å². The summed E-state index contributed by atoms with van der Waals surface area (Å²) in [6.45, 7) is 8.62. The van der Waals surface area contributed by atoms with Gasteiger partial charge in [-0.3, -0.25) is 0 Å². The van der Waals surface area contributed by atoms with E-state index in [-0.39, 0.29) is 13.5 Å². The minimum Gasteiger partial charge on any atom is -0.359 e. The summed E-state index contributed by atoms with van der Waals surface area (Å²) < 4.78 is 33.9. The Morgan fingerprint density at radius 1 is 1.35 bits per heavy atom. The third-order valence-electron chi connectivity index (χ3n) is 4.64. The van der Waals surface area contributed by atoms with Gasteiger partial charge in [0.15, 0.2) is 0 Å². The van der Waals surface area contributed by atoms with E-state index in [1.54, 1.807) is 4.68 Å². The van der Waals surface area contributed by atoms with E-state index in [1.165, 1.54) is 56.3 Å². The average molecular weight is 364 g/mol. The van der Waals surface area contributed by atoms with Crippen molar-refractivity contribution in [1.29, 1.82) is 0 Å². The van der Waals surface area contributed by atoms with E-state index in [1.807, 2.05) is 6.92 Å². The van der Waals surface area contributed by atoms with Crippen LogP contribution in [0.2, 0.25) is 0 Å². The van der Waals surface area contributed by atoms with Gasteiger partial charge in [0.05, 0.1) is 25.7 Å². The Kier molecular flexibility index (Phi) is 6.61. The fraction of sp³-hybridized carbons (Fsp3) is 0.421. The zero-order valence-electron chi connectivity index (χ0n) is 15.3. The minimum absolute atomic E-state index is 0. The number of hydrogen-bond donors (Lipinski definition) is 1. The molecule has 2 saturated heterocycles. The molecule has 1 aromatic carbocycles. The van der Waals surface area contributed by atoms with Crippen LogP contribution in [-0.2, 0) is 16.9 Å². The van der Waals surface area contributed by atoms with Crippen molar-refractivity contribution in [3.63, 3.8) is 0 Å². The molecule has 2 fully saturated rings. The average Bonchev–Trinajstić information content (AvgIpc) is 2.97. The third-order valence-corrected chi connectivity index (χ3v) is 4.64. The van der Waals surface area contributed by atoms with Gasteiger partial charge in [-0.15, -0.1) is 0 Å². The quantitative estimate of drug-likeness (QED) is 0.516. The van der Waals surface area contributed by atoms with E-state index >= 15 is 0 Å². The van der Waals surface area contributed by atoms with Crippen molar-refractivity contribution < 1.29 is 18.8 Å². The van der Waals surface area contributed by atoms with Gasteiger partial charge in [0.1, 0.15) is 29.9 Å². The summed E-state index contributed by atoms with van der Waals surface area (Å²) in [4.78, 5) is 3.83. The van der Waals surface area contributed by atoms with Crippen LogP contribution in [0.4, 0.5) is 8.78 Å². The second-order valence-electron chi connectivity index (χ2n) is 6.48. The number of epoxide rings is 1. The molecule has 3 heterocycles. The van der Waals surface area contributed by atoms with Crippen LogP contribution in [0, 0.1) is 19.1 Å². The van der Waals surface area contributed by atoms with Crippen molar-refractivity contribution in [3.8, 4) is 0 Å². The molecule has 0 aliphatic carbocycles. The molecule has 1 unspecified atom stereocenters. The van der Waals surface area contributed by atoms with Gasteiger partial charge < -0.3 is 17.5 Å². The molecule has 1 aromatic heterocycles. The van der Waals surface area contributed by atoms with E-state index < -0.39 is 17.2 Å². The van der Waals surface area contributed by atoms with Crippen molar-refractivity contribution in [1.82, 2.24) is 14.8 Å². The molecule has 142 valence electrons. The Balaban J connectivity index is 0.000000258. The number of nitrogens with two attached hydrogens (primary N) is 1. The minimum atomic E-state index is -0.772. The summed E-state index contributed by atoms with van der Waals surface area (Å²) >= 11 is 0. The molecule has 0 saturated carbocycles. The van der Waals surface area contributed by atoms with Crippen LogP contribution in [0.25, 0.3) is 0 Å². The third kappa shape index (κ3) is 4.53. The summed E-state index contributed by atoms with van der Waals surface area (Å²) in [5, 5.41) is 6.32. The molecule has 2 atom stereocenters. The molecular weight excluding hydrogens is 338 g/mol. The maximum atomic E-state index is 13.8. The van der Waals surface area contributed by atoms with Crippen LogP contribution in [0.1, 0.15) is 25.3 Å². The predicted octanol–water partition coefficient (Wildman–Crippen LogP) is 2.22. The molecule has 0 spiro atoms. The van der Waals surface area contributed by atoms with Crippen LogP contribution < -0.4 is 5.32 Å². The Morgan fingerprint density at radius 2 is 2.04 bits per heavy atom. The molecule has 5 nitrogen and oxygen atoms in total. The fourth-order valence-electron chi connectivity index (χ4n) is 3.08. The monoisotopic (exact) mass is 364 g/mol. The second-order valence-corrected chi connectivity index (χ2v) is 6.48. The predicted molar refractivity (Wildman–Crippen MR) is 95.1 cm³/mol. The van der Waals surface area contributed by atoms with Gasteiger partial charge in [-0.2, -0.15) is 5.10 Å². The molecule has 7 heteroatoms. The molecule has 4 rings (SSSR count). The second kappa shape index (κ2) is 8.51. The molecule has 2 N–H and O–H groups in total. The number of benzene rings is 1. The molecular formula is C19H26F2N4O. The van der Waals surface area contributed by atoms with Gasteiger partial charge >= 0.3 is 0 Å². The highest BCUT2D eigenvalue weighted by Crippen LogP contribution is 2.48. The Labute approximate surface area is 153 Å². The summed E-state index contributed by atoms with van der Waals surface area (Å²) in [5.74, 6) is -1.19. The lowest BCUT2D eigenvalue weighted by atomic mass is 9.95. The van der Waals surface area contributed by atoms with Crippen molar-refractivity contribution in [3.05, 3.63) is 67.6 Å². The van der Waals surface area contributed by atoms with Gasteiger partial charge in [-0.05, 0) is 13.0 Å². The number of piperidine rings is 1. The number of aromatic nitrogens is 3. The maximum Gasteiger partial charge on any atom is 0.142 e. The van der Waals surface area contributed by atoms with E-state index in [4.69, 9.17) is 4.74 Å². The number of quaternary nitrogens is 1. The van der Waals surface area contributed by atoms with E-state index in [0.29, 0.717) is 12.1 Å². The number of ether oxygens (including phenoxy) is 1. The van der Waals surface area contributed by atoms with Gasteiger partial charge in [0, 0.05) is 24.5 Å². The molecule has 2 aromatic rings. The van der Waals surface area contributed by atoms with Crippen LogP contribution >= 0.6 is 0 Å². The zero-order valence-corrected chi connectivity index (χ0v) is 15.3. The van der Waals surface area contributed by atoms with E-state index in [2.05, 4.69) is 22.0 Å². The Bertz CT molecular complexity index is 727. The maximum absolute atomic E-state index is 13.8. The van der Waals surface area contributed by atoms with Gasteiger partial charge in [0.25, 0.3) is 0 Å². The van der Waals surface area contributed by atoms with Crippen molar-refractivity contribution in [2.75, 3.05) is 13.1 Å². The van der Waals surface area contributed by atoms with Gasteiger partial charge in [-0.1, -0.05) is 18.2 Å². The summed E-state index contributed by atoms with van der Waals surface area (Å²) in [6.07, 6.45) is 5.28. The first kappa shape index (κ1) is 20.2. The number of halogens is 2. The lowest BCUT2D eigenvalue weighted by molar-refractivity contribution is -0.658. The normalized spacial score (nSPS) is 24.3. The van der Waals surface area contributed by atoms with Crippen molar-refractivity contribution in [2.24, 2.45) is 0 Å². The van der Waals surface area contributed by atoms with Crippen LogP contribution in [-0.4, -0.2) is 34.0 Å². The smallest absolute Gasteiger partial charge is 0.142 e. The number of rotatable bonds is 3. The lowest BCUT2D eigenvalue weighted by Crippen LogP contribution is -2.85. The largest absolute Gasteiger partial charge is 0.359 e. The molecule has 2 aliphatic rings. The lowest BCUT2D eigenvalue weighted by Gasteiger charge is -2.13. The number of nitrogens with zero attached hydrogens (tertiary/aromatic N) is 3. The van der Waals surface area contributed by atoms with E-state index in [0.717, 1.165) is 6.07 Å². The van der Waals surface area contributed by atoms with Crippen LogP contribution in [0.5, 0.6) is 0 Å². The summed E-state index contributed by atoms with van der Waals surface area (Å²) in [6, 6.07) is 3.52. The topological polar surface area (TPSA) is 59.9 Å². The zero-order chi connectivity index (χ0) is 17.9.